The topological polar surface area (TPSA) is 67.3 Å². The lowest BCUT2D eigenvalue weighted by Crippen LogP contribution is -1.97. The van der Waals surface area contributed by atoms with Gasteiger partial charge in [-0.05, 0) is 35.6 Å². The summed E-state index contributed by atoms with van der Waals surface area (Å²) in [4.78, 5) is 4.15. The predicted molar refractivity (Wildman–Crippen MR) is 58.6 cm³/mol. The van der Waals surface area contributed by atoms with E-state index in [0.29, 0.717) is 11.7 Å². The van der Waals surface area contributed by atoms with E-state index in [1.165, 1.54) is 31.2 Å². The quantitative estimate of drug-likeness (QED) is 0.831. The molecule has 0 bridgehead atoms. The summed E-state index contributed by atoms with van der Waals surface area (Å²) in [5.74, 6) is 1.28. The van der Waals surface area contributed by atoms with Crippen LogP contribution in [-0.4, -0.2) is 25.6 Å². The number of rotatable bonds is 2. The number of aromatic nitrogens is 5. The van der Waals surface area contributed by atoms with Crippen LogP contribution in [-0.2, 0) is 0 Å². The molecule has 1 aliphatic rings. The molecule has 0 radical (unpaired) electrons. The molecular formula is C11H13N5. The number of pyridine rings is 1. The number of hydrogen-bond acceptors (Lipinski definition) is 4. The Balaban J connectivity index is 2.04. The van der Waals surface area contributed by atoms with Gasteiger partial charge in [-0.3, -0.25) is 4.98 Å². The summed E-state index contributed by atoms with van der Waals surface area (Å²) >= 11 is 0. The van der Waals surface area contributed by atoms with Crippen LogP contribution in [0.3, 0.4) is 0 Å². The normalized spacial score (nSPS) is 16.8. The molecule has 0 aliphatic heterocycles. The highest BCUT2D eigenvalue weighted by Crippen LogP contribution is 2.37. The predicted octanol–water partition coefficient (Wildman–Crippen LogP) is 1.92. The third-order valence-electron chi connectivity index (χ3n) is 3.24. The molecule has 0 amide bonds. The fourth-order valence-corrected chi connectivity index (χ4v) is 2.46. The minimum atomic E-state index is 0.636. The minimum Gasteiger partial charge on any atom is -0.264 e. The first-order valence-corrected chi connectivity index (χ1v) is 5.63. The number of tetrazole rings is 1. The Morgan fingerprint density at radius 1 is 1.25 bits per heavy atom. The van der Waals surface area contributed by atoms with Crippen molar-refractivity contribution < 1.29 is 0 Å². The maximum absolute atomic E-state index is 4.15. The Morgan fingerprint density at radius 3 is 2.88 bits per heavy atom. The third-order valence-corrected chi connectivity index (χ3v) is 3.24. The van der Waals surface area contributed by atoms with Crippen LogP contribution < -0.4 is 0 Å². The van der Waals surface area contributed by atoms with E-state index in [4.69, 9.17) is 0 Å². The molecule has 2 aromatic heterocycles. The number of aromatic amines is 1. The van der Waals surface area contributed by atoms with Crippen LogP contribution in [0.25, 0.3) is 11.4 Å². The summed E-state index contributed by atoms with van der Waals surface area (Å²) in [5.41, 5.74) is 2.33. The molecule has 2 heterocycles. The van der Waals surface area contributed by atoms with Crippen molar-refractivity contribution in [3.05, 3.63) is 24.0 Å². The van der Waals surface area contributed by atoms with Crippen molar-refractivity contribution in [2.75, 3.05) is 0 Å². The Labute approximate surface area is 93.3 Å². The second-order valence-corrected chi connectivity index (χ2v) is 4.18. The van der Waals surface area contributed by atoms with Crippen LogP contribution in [0.1, 0.15) is 37.2 Å². The van der Waals surface area contributed by atoms with Gasteiger partial charge in [-0.2, -0.15) is 5.21 Å². The van der Waals surface area contributed by atoms with Gasteiger partial charge in [0.2, 0.25) is 5.82 Å². The fourth-order valence-electron chi connectivity index (χ4n) is 2.46. The first-order chi connectivity index (χ1) is 7.95. The van der Waals surface area contributed by atoms with E-state index in [-0.39, 0.29) is 0 Å². The molecule has 1 N–H and O–H groups in total. The minimum absolute atomic E-state index is 0.636. The smallest absolute Gasteiger partial charge is 0.206 e. The lowest BCUT2D eigenvalue weighted by Gasteiger charge is -2.12. The number of nitrogens with one attached hydrogen (secondary N) is 1. The van der Waals surface area contributed by atoms with Crippen LogP contribution in [0.5, 0.6) is 0 Å². The van der Waals surface area contributed by atoms with E-state index >= 15 is 0 Å². The number of nitrogens with zero attached hydrogens (tertiary/aromatic N) is 4. The van der Waals surface area contributed by atoms with Crippen LogP contribution in [0.15, 0.2) is 18.5 Å². The van der Waals surface area contributed by atoms with E-state index in [0.717, 1.165) is 5.56 Å². The zero-order chi connectivity index (χ0) is 10.8. The van der Waals surface area contributed by atoms with E-state index in [2.05, 4.69) is 31.7 Å². The van der Waals surface area contributed by atoms with Crippen molar-refractivity contribution in [1.82, 2.24) is 25.6 Å². The first-order valence-electron chi connectivity index (χ1n) is 5.63. The summed E-state index contributed by atoms with van der Waals surface area (Å²) in [7, 11) is 0. The van der Waals surface area contributed by atoms with Gasteiger partial charge in [0.1, 0.15) is 0 Å². The van der Waals surface area contributed by atoms with Gasteiger partial charge < -0.3 is 0 Å². The summed E-state index contributed by atoms with van der Waals surface area (Å²) < 4.78 is 0. The first kappa shape index (κ1) is 9.45. The fraction of sp³-hybridized carbons (Fsp3) is 0.455. The molecule has 5 heteroatoms. The lowest BCUT2D eigenvalue weighted by molar-refractivity contribution is 0.722. The largest absolute Gasteiger partial charge is 0.264 e. The maximum Gasteiger partial charge on any atom is 0.206 e. The molecule has 0 aromatic carbocycles. The average molecular weight is 215 g/mol. The molecule has 1 saturated carbocycles. The summed E-state index contributed by atoms with van der Waals surface area (Å²) in [5, 5.41) is 14.2. The SMILES string of the molecule is c1cc(C2CCCC2)c(-c2nn[nH]n2)cn1. The van der Waals surface area contributed by atoms with E-state index < -0.39 is 0 Å². The van der Waals surface area contributed by atoms with Crippen molar-refractivity contribution in [1.29, 1.82) is 0 Å². The average Bonchev–Trinajstić information content (AvgIpc) is 3.03. The molecule has 2 aromatic rings. The standard InChI is InChI=1S/C11H13N5/c1-2-4-8(3-1)9-5-6-12-7-10(9)11-13-15-16-14-11/h5-8H,1-4H2,(H,13,14,15,16). The molecule has 82 valence electrons. The Kier molecular flexibility index (Phi) is 2.36. The van der Waals surface area contributed by atoms with Gasteiger partial charge in [-0.25, -0.2) is 0 Å². The molecule has 1 fully saturated rings. The molecule has 3 rings (SSSR count). The van der Waals surface area contributed by atoms with E-state index in [1.807, 2.05) is 12.4 Å². The zero-order valence-electron chi connectivity index (χ0n) is 8.93. The molecule has 0 unspecified atom stereocenters. The number of hydrogen-bond donors (Lipinski definition) is 1. The van der Waals surface area contributed by atoms with Gasteiger partial charge in [0.25, 0.3) is 0 Å². The lowest BCUT2D eigenvalue weighted by atomic mass is 9.94. The zero-order valence-corrected chi connectivity index (χ0v) is 8.93. The van der Waals surface area contributed by atoms with Crippen LogP contribution in [0.2, 0.25) is 0 Å². The highest BCUT2D eigenvalue weighted by molar-refractivity contribution is 5.58. The summed E-state index contributed by atoms with van der Waals surface area (Å²) in [6.45, 7) is 0. The van der Waals surface area contributed by atoms with Crippen molar-refractivity contribution in [2.24, 2.45) is 0 Å². The monoisotopic (exact) mass is 215 g/mol. The van der Waals surface area contributed by atoms with Gasteiger partial charge in [-0.15, -0.1) is 10.2 Å². The van der Waals surface area contributed by atoms with Crippen molar-refractivity contribution in [2.45, 2.75) is 31.6 Å². The maximum atomic E-state index is 4.15. The molecule has 1 aliphatic carbocycles. The molecule has 5 nitrogen and oxygen atoms in total. The highest BCUT2D eigenvalue weighted by atomic mass is 15.5. The van der Waals surface area contributed by atoms with Crippen LogP contribution in [0.4, 0.5) is 0 Å². The molecular weight excluding hydrogens is 202 g/mol. The molecule has 0 saturated heterocycles. The molecule has 16 heavy (non-hydrogen) atoms. The third kappa shape index (κ3) is 1.58. The Morgan fingerprint density at radius 2 is 2.12 bits per heavy atom. The van der Waals surface area contributed by atoms with Gasteiger partial charge in [0.15, 0.2) is 0 Å². The Bertz CT molecular complexity index is 459. The van der Waals surface area contributed by atoms with Gasteiger partial charge >= 0.3 is 0 Å². The highest BCUT2D eigenvalue weighted by Gasteiger charge is 2.21. The summed E-state index contributed by atoms with van der Waals surface area (Å²) in [6, 6.07) is 2.08. The van der Waals surface area contributed by atoms with Crippen molar-refractivity contribution in [3.8, 4) is 11.4 Å². The summed E-state index contributed by atoms with van der Waals surface area (Å²) in [6.07, 6.45) is 8.83. The number of H-pyrrole nitrogens is 1. The van der Waals surface area contributed by atoms with Gasteiger partial charge in [0.05, 0.1) is 0 Å². The van der Waals surface area contributed by atoms with E-state index in [9.17, 15) is 0 Å². The van der Waals surface area contributed by atoms with E-state index in [1.54, 1.807) is 0 Å². The van der Waals surface area contributed by atoms with Crippen LogP contribution in [0, 0.1) is 0 Å². The second-order valence-electron chi connectivity index (χ2n) is 4.18. The van der Waals surface area contributed by atoms with Crippen molar-refractivity contribution in [3.63, 3.8) is 0 Å². The molecule has 0 atom stereocenters. The van der Waals surface area contributed by atoms with Gasteiger partial charge in [0, 0.05) is 18.0 Å². The molecule has 0 spiro atoms. The second kappa shape index (κ2) is 4.00. The van der Waals surface area contributed by atoms with Gasteiger partial charge in [-0.1, -0.05) is 12.8 Å². The van der Waals surface area contributed by atoms with Crippen LogP contribution >= 0.6 is 0 Å². The Hall–Kier alpha value is -1.78. The van der Waals surface area contributed by atoms with Crippen molar-refractivity contribution >= 4 is 0 Å².